The van der Waals surface area contributed by atoms with Gasteiger partial charge in [0.1, 0.15) is 17.3 Å². The Morgan fingerprint density at radius 3 is 2.65 bits per heavy atom. The standard InChI is InChI=1S/C22H26F2N6.HI/c1-16-4-3-9-30-15-18(27-21(16)30)7-8-26-22(25-2)29-12-10-28(11-13-29)20-14-17(23)5-6-19(20)24;/h3-6,9,14-15H,7-8,10-13H2,1-2H3,(H,25,26);1H. The molecule has 1 N–H and O–H groups in total. The highest BCUT2D eigenvalue weighted by molar-refractivity contribution is 14.0. The summed E-state index contributed by atoms with van der Waals surface area (Å²) in [5.41, 5.74) is 3.48. The van der Waals surface area contributed by atoms with E-state index in [4.69, 9.17) is 4.98 Å². The number of aromatic nitrogens is 2. The summed E-state index contributed by atoms with van der Waals surface area (Å²) in [4.78, 5) is 13.1. The SMILES string of the molecule is CN=C(NCCc1cn2cccc(C)c2n1)N1CCN(c2cc(F)ccc2F)CC1.I. The minimum Gasteiger partial charge on any atom is -0.366 e. The van der Waals surface area contributed by atoms with E-state index >= 15 is 0 Å². The third-order valence-electron chi connectivity index (χ3n) is 5.43. The van der Waals surface area contributed by atoms with Crippen LogP contribution in [-0.2, 0) is 6.42 Å². The molecule has 9 heteroatoms. The van der Waals surface area contributed by atoms with Crippen LogP contribution in [0, 0.1) is 18.6 Å². The molecule has 1 aliphatic rings. The number of hydrogen-bond donors (Lipinski definition) is 1. The number of nitrogens with zero attached hydrogens (tertiary/aromatic N) is 5. The fourth-order valence-corrected chi connectivity index (χ4v) is 3.85. The second-order valence-corrected chi connectivity index (χ2v) is 7.45. The van der Waals surface area contributed by atoms with Crippen molar-refractivity contribution in [2.24, 2.45) is 4.99 Å². The van der Waals surface area contributed by atoms with Crippen molar-refractivity contribution in [2.75, 3.05) is 44.7 Å². The van der Waals surface area contributed by atoms with Crippen molar-refractivity contribution in [1.29, 1.82) is 0 Å². The van der Waals surface area contributed by atoms with Crippen LogP contribution in [0.25, 0.3) is 5.65 Å². The molecule has 1 fully saturated rings. The van der Waals surface area contributed by atoms with Gasteiger partial charge >= 0.3 is 0 Å². The highest BCUT2D eigenvalue weighted by Gasteiger charge is 2.22. The average Bonchev–Trinajstić information content (AvgIpc) is 3.18. The zero-order chi connectivity index (χ0) is 21.1. The summed E-state index contributed by atoms with van der Waals surface area (Å²) < 4.78 is 29.6. The second-order valence-electron chi connectivity index (χ2n) is 7.45. The molecule has 0 amide bonds. The van der Waals surface area contributed by atoms with Crippen LogP contribution >= 0.6 is 24.0 Å². The van der Waals surface area contributed by atoms with Gasteiger partial charge in [-0.1, -0.05) is 6.07 Å². The fraction of sp³-hybridized carbons (Fsp3) is 0.364. The molecule has 0 aliphatic carbocycles. The normalized spacial score (nSPS) is 14.6. The molecule has 1 aliphatic heterocycles. The van der Waals surface area contributed by atoms with Crippen molar-refractivity contribution < 1.29 is 8.78 Å². The molecule has 1 saturated heterocycles. The van der Waals surface area contributed by atoms with Crippen LogP contribution in [0.1, 0.15) is 11.3 Å². The van der Waals surface area contributed by atoms with E-state index in [9.17, 15) is 8.78 Å². The van der Waals surface area contributed by atoms with Crippen LogP contribution in [0.15, 0.2) is 47.7 Å². The van der Waals surface area contributed by atoms with Crippen LogP contribution in [0.4, 0.5) is 14.5 Å². The van der Waals surface area contributed by atoms with E-state index in [1.165, 1.54) is 12.1 Å². The number of fused-ring (bicyclic) bond motifs is 1. The zero-order valence-corrected chi connectivity index (χ0v) is 20.0. The first-order chi connectivity index (χ1) is 14.5. The maximum Gasteiger partial charge on any atom is 0.193 e. The maximum absolute atomic E-state index is 14.0. The first kappa shape index (κ1) is 23.2. The Bertz CT molecular complexity index is 1060. The molecule has 2 aromatic heterocycles. The van der Waals surface area contributed by atoms with Gasteiger partial charge < -0.3 is 19.5 Å². The molecule has 4 rings (SSSR count). The summed E-state index contributed by atoms with van der Waals surface area (Å²) in [6.45, 7) is 5.35. The van der Waals surface area contributed by atoms with Gasteiger partial charge in [-0.15, -0.1) is 24.0 Å². The third-order valence-corrected chi connectivity index (χ3v) is 5.43. The Morgan fingerprint density at radius 1 is 1.16 bits per heavy atom. The summed E-state index contributed by atoms with van der Waals surface area (Å²) in [6.07, 6.45) is 4.85. The van der Waals surface area contributed by atoms with Gasteiger partial charge in [0.25, 0.3) is 0 Å². The van der Waals surface area contributed by atoms with Crippen LogP contribution in [-0.4, -0.2) is 60.0 Å². The fourth-order valence-electron chi connectivity index (χ4n) is 3.85. The lowest BCUT2D eigenvalue weighted by atomic mass is 10.2. The van der Waals surface area contributed by atoms with Crippen molar-refractivity contribution >= 4 is 41.3 Å². The highest BCUT2D eigenvalue weighted by Crippen LogP contribution is 2.22. The average molecular weight is 540 g/mol. The van der Waals surface area contributed by atoms with Crippen molar-refractivity contribution in [3.63, 3.8) is 0 Å². The number of halogens is 3. The van der Waals surface area contributed by atoms with Gasteiger partial charge in [-0.3, -0.25) is 4.99 Å². The number of nitrogens with one attached hydrogen (secondary N) is 1. The van der Waals surface area contributed by atoms with E-state index in [1.54, 1.807) is 7.05 Å². The molecule has 6 nitrogen and oxygen atoms in total. The van der Waals surface area contributed by atoms with Gasteiger partial charge in [-0.25, -0.2) is 13.8 Å². The molecule has 0 bridgehead atoms. The van der Waals surface area contributed by atoms with Gasteiger partial charge in [0.05, 0.1) is 11.4 Å². The number of benzene rings is 1. The topological polar surface area (TPSA) is 48.2 Å². The molecule has 0 spiro atoms. The van der Waals surface area contributed by atoms with Crippen LogP contribution in [0.3, 0.4) is 0 Å². The van der Waals surface area contributed by atoms with Crippen LogP contribution in [0.2, 0.25) is 0 Å². The summed E-state index contributed by atoms with van der Waals surface area (Å²) in [5.74, 6) is -0.00203. The summed E-state index contributed by atoms with van der Waals surface area (Å²) in [6, 6.07) is 7.66. The largest absolute Gasteiger partial charge is 0.366 e. The van der Waals surface area contributed by atoms with E-state index in [0.717, 1.165) is 35.4 Å². The molecule has 0 unspecified atom stereocenters. The predicted molar refractivity (Wildman–Crippen MR) is 131 cm³/mol. The number of anilines is 1. The Hall–Kier alpha value is -2.43. The lowest BCUT2D eigenvalue weighted by Crippen LogP contribution is -2.53. The monoisotopic (exact) mass is 540 g/mol. The smallest absolute Gasteiger partial charge is 0.193 e. The molecular weight excluding hydrogens is 513 g/mol. The lowest BCUT2D eigenvalue weighted by molar-refractivity contribution is 0.371. The Kier molecular flexibility index (Phi) is 7.69. The van der Waals surface area contributed by atoms with Gasteiger partial charge in [0.15, 0.2) is 5.96 Å². The number of hydrogen-bond acceptors (Lipinski definition) is 3. The second kappa shape index (κ2) is 10.3. The van der Waals surface area contributed by atoms with Gasteiger partial charge in [-0.2, -0.15) is 0 Å². The minimum atomic E-state index is -0.423. The lowest BCUT2D eigenvalue weighted by Gasteiger charge is -2.37. The molecule has 1 aromatic carbocycles. The first-order valence-corrected chi connectivity index (χ1v) is 10.1. The highest BCUT2D eigenvalue weighted by atomic mass is 127. The Labute approximate surface area is 198 Å². The maximum atomic E-state index is 14.0. The van der Waals surface area contributed by atoms with E-state index in [2.05, 4.69) is 34.4 Å². The summed E-state index contributed by atoms with van der Waals surface area (Å²) >= 11 is 0. The predicted octanol–water partition coefficient (Wildman–Crippen LogP) is 3.48. The van der Waals surface area contributed by atoms with Crippen molar-refractivity contribution in [3.05, 3.63) is 65.6 Å². The van der Waals surface area contributed by atoms with Gasteiger partial charge in [0, 0.05) is 64.7 Å². The van der Waals surface area contributed by atoms with Crippen LogP contribution < -0.4 is 10.2 Å². The molecular formula is C22H27F2IN6. The van der Waals surface area contributed by atoms with E-state index in [1.807, 2.05) is 21.6 Å². The Balaban J connectivity index is 0.00000272. The molecule has 31 heavy (non-hydrogen) atoms. The van der Waals surface area contributed by atoms with E-state index < -0.39 is 11.6 Å². The number of guanidine groups is 1. The quantitative estimate of drug-likeness (QED) is 0.313. The van der Waals surface area contributed by atoms with E-state index in [-0.39, 0.29) is 24.0 Å². The van der Waals surface area contributed by atoms with Crippen molar-refractivity contribution in [2.45, 2.75) is 13.3 Å². The van der Waals surface area contributed by atoms with Crippen molar-refractivity contribution in [3.8, 4) is 0 Å². The van der Waals surface area contributed by atoms with E-state index in [0.29, 0.717) is 38.4 Å². The number of imidazole rings is 1. The molecule has 166 valence electrons. The van der Waals surface area contributed by atoms with Gasteiger partial charge in [-0.05, 0) is 30.7 Å². The van der Waals surface area contributed by atoms with Crippen LogP contribution in [0.5, 0.6) is 0 Å². The number of piperazine rings is 1. The molecule has 3 aromatic rings. The summed E-state index contributed by atoms with van der Waals surface area (Å²) in [5, 5.41) is 3.40. The number of aliphatic imine (C=N–C) groups is 1. The molecule has 0 radical (unpaired) electrons. The Morgan fingerprint density at radius 2 is 1.94 bits per heavy atom. The summed E-state index contributed by atoms with van der Waals surface area (Å²) in [7, 11) is 1.76. The molecule has 3 heterocycles. The molecule has 0 saturated carbocycles. The number of aryl methyl sites for hydroxylation is 1. The van der Waals surface area contributed by atoms with Gasteiger partial charge in [0.2, 0.25) is 0 Å². The number of pyridine rings is 1. The third kappa shape index (κ3) is 5.25. The molecule has 0 atom stereocenters. The number of rotatable bonds is 4. The zero-order valence-electron chi connectivity index (χ0n) is 17.7. The minimum absolute atomic E-state index is 0. The van der Waals surface area contributed by atoms with Crippen molar-refractivity contribution in [1.82, 2.24) is 19.6 Å². The first-order valence-electron chi connectivity index (χ1n) is 10.1.